The third kappa shape index (κ3) is 2.45. The molecule has 0 amide bonds. The topological polar surface area (TPSA) is 60.2 Å². The highest BCUT2D eigenvalue weighted by molar-refractivity contribution is 5.77. The van der Waals surface area contributed by atoms with Crippen molar-refractivity contribution in [1.29, 1.82) is 0 Å². The standard InChI is InChI=1S/C12H15N3O2/c1-3-7-17-15-11-6-4-5-10(8-9(2)16)12(11)13-14-15/h3-6,9,16H,1,7-8H2,2H3. The van der Waals surface area contributed by atoms with Gasteiger partial charge in [0.05, 0.1) is 6.10 Å². The Labute approximate surface area is 99.3 Å². The second-order valence-corrected chi connectivity index (χ2v) is 3.88. The van der Waals surface area contributed by atoms with E-state index in [1.54, 1.807) is 13.0 Å². The van der Waals surface area contributed by atoms with Crippen molar-refractivity contribution in [3.8, 4) is 0 Å². The van der Waals surface area contributed by atoms with Crippen LogP contribution < -0.4 is 4.84 Å². The molecule has 5 heteroatoms. The fourth-order valence-corrected chi connectivity index (χ4v) is 1.68. The number of hydrogen-bond acceptors (Lipinski definition) is 4. The molecule has 0 aliphatic heterocycles. The zero-order chi connectivity index (χ0) is 12.3. The zero-order valence-electron chi connectivity index (χ0n) is 9.71. The molecule has 0 radical (unpaired) electrons. The number of nitrogens with zero attached hydrogens (tertiary/aromatic N) is 3. The van der Waals surface area contributed by atoms with Gasteiger partial charge in [-0.1, -0.05) is 29.6 Å². The van der Waals surface area contributed by atoms with Crippen LogP contribution in [0.1, 0.15) is 12.5 Å². The predicted molar refractivity (Wildman–Crippen MR) is 64.6 cm³/mol. The molecular formula is C12H15N3O2. The SMILES string of the molecule is C=CCOn1nnc2c(CC(C)O)cccc21. The largest absolute Gasteiger partial charge is 0.393 e. The van der Waals surface area contributed by atoms with Crippen LogP contribution in [-0.2, 0) is 6.42 Å². The quantitative estimate of drug-likeness (QED) is 0.782. The number of benzene rings is 1. The van der Waals surface area contributed by atoms with Crippen LogP contribution in [0.5, 0.6) is 0 Å². The molecule has 0 bridgehead atoms. The molecule has 90 valence electrons. The highest BCUT2D eigenvalue weighted by Crippen LogP contribution is 2.16. The van der Waals surface area contributed by atoms with Crippen molar-refractivity contribution in [1.82, 2.24) is 15.2 Å². The molecule has 5 nitrogen and oxygen atoms in total. The molecule has 1 N–H and O–H groups in total. The van der Waals surface area contributed by atoms with Gasteiger partial charge in [-0.25, -0.2) is 0 Å². The number of aliphatic hydroxyl groups is 1. The van der Waals surface area contributed by atoms with E-state index in [1.165, 1.54) is 4.85 Å². The molecule has 0 aliphatic rings. The summed E-state index contributed by atoms with van der Waals surface area (Å²) >= 11 is 0. The summed E-state index contributed by atoms with van der Waals surface area (Å²) in [6, 6.07) is 5.71. The Morgan fingerprint density at radius 3 is 3.12 bits per heavy atom. The average Bonchev–Trinajstić information content (AvgIpc) is 2.70. The Kier molecular flexibility index (Phi) is 3.39. The third-order valence-corrected chi connectivity index (χ3v) is 2.36. The molecule has 1 unspecified atom stereocenters. The fourth-order valence-electron chi connectivity index (χ4n) is 1.68. The molecule has 0 spiro atoms. The summed E-state index contributed by atoms with van der Waals surface area (Å²) in [5.41, 5.74) is 2.52. The van der Waals surface area contributed by atoms with Crippen molar-refractivity contribution < 1.29 is 9.94 Å². The molecule has 1 atom stereocenters. The summed E-state index contributed by atoms with van der Waals surface area (Å²) in [4.78, 5) is 6.71. The maximum Gasteiger partial charge on any atom is 0.135 e. The second-order valence-electron chi connectivity index (χ2n) is 3.88. The van der Waals surface area contributed by atoms with Gasteiger partial charge in [-0.2, -0.15) is 0 Å². The lowest BCUT2D eigenvalue weighted by Gasteiger charge is -2.05. The van der Waals surface area contributed by atoms with Crippen molar-refractivity contribution in [2.75, 3.05) is 6.61 Å². The molecule has 0 fully saturated rings. The van der Waals surface area contributed by atoms with Gasteiger partial charge in [-0.15, -0.1) is 5.10 Å². The van der Waals surface area contributed by atoms with Crippen molar-refractivity contribution in [3.63, 3.8) is 0 Å². The Hall–Kier alpha value is -1.88. The van der Waals surface area contributed by atoms with E-state index in [0.717, 1.165) is 16.6 Å². The highest BCUT2D eigenvalue weighted by Gasteiger charge is 2.10. The summed E-state index contributed by atoms with van der Waals surface area (Å²) in [7, 11) is 0. The van der Waals surface area contributed by atoms with Gasteiger partial charge in [0.15, 0.2) is 0 Å². The number of fused-ring (bicyclic) bond motifs is 1. The molecule has 0 saturated carbocycles. The Morgan fingerprint density at radius 1 is 1.59 bits per heavy atom. The molecule has 0 saturated heterocycles. The molecular weight excluding hydrogens is 218 g/mol. The van der Waals surface area contributed by atoms with Gasteiger partial charge in [0.25, 0.3) is 0 Å². The maximum atomic E-state index is 9.41. The predicted octanol–water partition coefficient (Wildman–Crippen LogP) is 0.969. The first-order valence-corrected chi connectivity index (χ1v) is 5.48. The van der Waals surface area contributed by atoms with Crippen LogP contribution in [0.4, 0.5) is 0 Å². The van der Waals surface area contributed by atoms with Crippen molar-refractivity contribution >= 4 is 11.0 Å². The minimum atomic E-state index is -0.403. The van der Waals surface area contributed by atoms with Crippen LogP contribution in [0.25, 0.3) is 11.0 Å². The van der Waals surface area contributed by atoms with Crippen LogP contribution in [-0.4, -0.2) is 33.0 Å². The zero-order valence-corrected chi connectivity index (χ0v) is 9.71. The van der Waals surface area contributed by atoms with E-state index >= 15 is 0 Å². The van der Waals surface area contributed by atoms with Crippen LogP contribution in [0.3, 0.4) is 0 Å². The van der Waals surface area contributed by atoms with Crippen LogP contribution in [0, 0.1) is 0 Å². The van der Waals surface area contributed by atoms with E-state index in [4.69, 9.17) is 4.84 Å². The Bertz CT molecular complexity index is 519. The number of aliphatic hydroxyl groups excluding tert-OH is 1. The van der Waals surface area contributed by atoms with E-state index in [2.05, 4.69) is 16.9 Å². The van der Waals surface area contributed by atoms with Crippen LogP contribution in [0.15, 0.2) is 30.9 Å². The lowest BCUT2D eigenvalue weighted by molar-refractivity contribution is 0.110. The molecule has 1 heterocycles. The Balaban J connectivity index is 2.38. The minimum Gasteiger partial charge on any atom is -0.393 e. The van der Waals surface area contributed by atoms with Gasteiger partial charge >= 0.3 is 0 Å². The first-order valence-electron chi connectivity index (χ1n) is 5.48. The summed E-state index contributed by atoms with van der Waals surface area (Å²) in [5, 5.41) is 17.4. The molecule has 17 heavy (non-hydrogen) atoms. The van der Waals surface area contributed by atoms with Crippen molar-refractivity contribution in [2.45, 2.75) is 19.4 Å². The molecule has 1 aromatic carbocycles. The van der Waals surface area contributed by atoms with Crippen LogP contribution >= 0.6 is 0 Å². The van der Waals surface area contributed by atoms with Gasteiger partial charge in [-0.05, 0) is 23.8 Å². The molecule has 0 aliphatic carbocycles. The van der Waals surface area contributed by atoms with E-state index in [9.17, 15) is 5.11 Å². The lowest BCUT2D eigenvalue weighted by atomic mass is 10.1. The monoisotopic (exact) mass is 233 g/mol. The maximum absolute atomic E-state index is 9.41. The van der Waals surface area contributed by atoms with E-state index in [1.807, 2.05) is 18.2 Å². The second kappa shape index (κ2) is 4.97. The number of rotatable bonds is 5. The molecule has 2 aromatic rings. The van der Waals surface area contributed by atoms with Crippen molar-refractivity contribution in [3.05, 3.63) is 36.4 Å². The molecule has 1 aromatic heterocycles. The van der Waals surface area contributed by atoms with Gasteiger partial charge in [0, 0.05) is 6.42 Å². The summed E-state index contributed by atoms with van der Waals surface area (Å²) in [6.07, 6.45) is 1.80. The van der Waals surface area contributed by atoms with E-state index < -0.39 is 6.10 Å². The van der Waals surface area contributed by atoms with E-state index in [-0.39, 0.29) is 0 Å². The minimum absolute atomic E-state index is 0.374. The van der Waals surface area contributed by atoms with Crippen molar-refractivity contribution in [2.24, 2.45) is 0 Å². The summed E-state index contributed by atoms with van der Waals surface area (Å²) < 4.78 is 0. The van der Waals surface area contributed by atoms with Gasteiger partial charge < -0.3 is 9.94 Å². The number of hydrogen-bond donors (Lipinski definition) is 1. The van der Waals surface area contributed by atoms with Gasteiger partial charge in [-0.3, -0.25) is 0 Å². The number of aromatic nitrogens is 3. The highest BCUT2D eigenvalue weighted by atomic mass is 16.7. The first kappa shape index (κ1) is 11.6. The first-order chi connectivity index (χ1) is 8.22. The average molecular weight is 233 g/mol. The normalized spacial score (nSPS) is 12.6. The summed E-state index contributed by atoms with van der Waals surface area (Å²) in [6.45, 7) is 5.70. The fraction of sp³-hybridized carbons (Fsp3) is 0.333. The molecule has 2 rings (SSSR count). The summed E-state index contributed by atoms with van der Waals surface area (Å²) in [5.74, 6) is 0. The van der Waals surface area contributed by atoms with Crippen LogP contribution in [0.2, 0.25) is 0 Å². The Morgan fingerprint density at radius 2 is 2.41 bits per heavy atom. The van der Waals surface area contributed by atoms with Gasteiger partial charge in [0.1, 0.15) is 17.6 Å². The smallest absolute Gasteiger partial charge is 0.135 e. The van der Waals surface area contributed by atoms with E-state index in [0.29, 0.717) is 13.0 Å². The lowest BCUT2D eigenvalue weighted by Crippen LogP contribution is -2.12. The van der Waals surface area contributed by atoms with Gasteiger partial charge in [0.2, 0.25) is 0 Å². The third-order valence-electron chi connectivity index (χ3n) is 2.36.